The number of amides is 1. The van der Waals surface area contributed by atoms with Gasteiger partial charge in [-0.3, -0.25) is 4.79 Å². The van der Waals surface area contributed by atoms with Crippen molar-refractivity contribution in [3.63, 3.8) is 0 Å². The highest BCUT2D eigenvalue weighted by Gasteiger charge is 2.16. The van der Waals surface area contributed by atoms with Crippen LogP contribution in [-0.4, -0.2) is 32.3 Å². The van der Waals surface area contributed by atoms with Crippen LogP contribution in [0.3, 0.4) is 0 Å². The zero-order chi connectivity index (χ0) is 15.9. The molecule has 118 valence electrons. The molecule has 0 unspecified atom stereocenters. The smallest absolute Gasteiger partial charge is 0.253 e. The molecule has 1 amide bonds. The van der Waals surface area contributed by atoms with Gasteiger partial charge in [0.25, 0.3) is 5.91 Å². The monoisotopic (exact) mass is 312 g/mol. The van der Waals surface area contributed by atoms with Crippen molar-refractivity contribution in [3.8, 4) is 0 Å². The minimum absolute atomic E-state index is 0.0210. The Bertz CT molecular complexity index is 545. The van der Waals surface area contributed by atoms with E-state index in [4.69, 9.17) is 5.14 Å². The van der Waals surface area contributed by atoms with E-state index in [0.717, 1.165) is 38.8 Å². The summed E-state index contributed by atoms with van der Waals surface area (Å²) in [4.78, 5) is 14.3. The van der Waals surface area contributed by atoms with Gasteiger partial charge < -0.3 is 4.90 Å². The summed E-state index contributed by atoms with van der Waals surface area (Å²) in [6, 6.07) is 5.79. The highest BCUT2D eigenvalue weighted by molar-refractivity contribution is 7.89. The average molecular weight is 312 g/mol. The normalized spacial score (nSPS) is 11.4. The van der Waals surface area contributed by atoms with Crippen LogP contribution in [0.5, 0.6) is 0 Å². The van der Waals surface area contributed by atoms with Crippen LogP contribution in [0, 0.1) is 0 Å². The van der Waals surface area contributed by atoms with Gasteiger partial charge in [-0.15, -0.1) is 0 Å². The molecule has 21 heavy (non-hydrogen) atoms. The Morgan fingerprint density at radius 3 is 1.90 bits per heavy atom. The molecular weight excluding hydrogens is 288 g/mol. The van der Waals surface area contributed by atoms with Crippen molar-refractivity contribution in [2.75, 3.05) is 13.1 Å². The van der Waals surface area contributed by atoms with Gasteiger partial charge >= 0.3 is 0 Å². The first-order chi connectivity index (χ1) is 9.90. The number of sulfonamides is 1. The van der Waals surface area contributed by atoms with Crippen molar-refractivity contribution >= 4 is 15.9 Å². The van der Waals surface area contributed by atoms with Gasteiger partial charge in [-0.25, -0.2) is 13.6 Å². The summed E-state index contributed by atoms with van der Waals surface area (Å²) >= 11 is 0. The van der Waals surface area contributed by atoms with Crippen molar-refractivity contribution in [2.45, 2.75) is 44.4 Å². The van der Waals surface area contributed by atoms with Gasteiger partial charge in [0.1, 0.15) is 0 Å². The highest BCUT2D eigenvalue weighted by atomic mass is 32.2. The van der Waals surface area contributed by atoms with Crippen LogP contribution < -0.4 is 5.14 Å². The Kier molecular flexibility index (Phi) is 6.84. The molecular formula is C15H24N2O3S. The third kappa shape index (κ3) is 5.47. The number of benzene rings is 1. The fraction of sp³-hybridized carbons (Fsp3) is 0.533. The molecule has 2 N–H and O–H groups in total. The van der Waals surface area contributed by atoms with Crippen LogP contribution in [0.1, 0.15) is 49.9 Å². The Morgan fingerprint density at radius 1 is 1.05 bits per heavy atom. The first-order valence-corrected chi connectivity index (χ1v) is 8.87. The van der Waals surface area contributed by atoms with Gasteiger partial charge in [-0.1, -0.05) is 26.7 Å². The number of unbranched alkanes of at least 4 members (excludes halogenated alkanes) is 2. The van der Waals surface area contributed by atoms with Gasteiger partial charge in [0, 0.05) is 18.7 Å². The molecule has 6 heteroatoms. The van der Waals surface area contributed by atoms with Gasteiger partial charge in [-0.2, -0.15) is 0 Å². The van der Waals surface area contributed by atoms with Crippen molar-refractivity contribution in [3.05, 3.63) is 29.8 Å². The molecule has 0 spiro atoms. The lowest BCUT2D eigenvalue weighted by Crippen LogP contribution is -2.33. The number of carbonyl (C=O) groups is 1. The summed E-state index contributed by atoms with van der Waals surface area (Å²) in [5.41, 5.74) is 0.495. The Balaban J connectivity index is 2.87. The van der Waals surface area contributed by atoms with Crippen LogP contribution in [0.2, 0.25) is 0 Å². The molecule has 0 atom stereocenters. The molecule has 0 saturated heterocycles. The molecule has 0 bridgehead atoms. The molecule has 0 aromatic heterocycles. The maximum atomic E-state index is 12.5. The topological polar surface area (TPSA) is 80.5 Å². The summed E-state index contributed by atoms with van der Waals surface area (Å²) in [5.74, 6) is -0.0575. The van der Waals surface area contributed by atoms with E-state index in [0.29, 0.717) is 5.56 Å². The first-order valence-electron chi connectivity index (χ1n) is 7.32. The Hall–Kier alpha value is -1.40. The SMILES string of the molecule is CCCCN(CCCC)C(=O)c1ccc(S(N)(=O)=O)cc1. The molecule has 0 aliphatic heterocycles. The van der Waals surface area contributed by atoms with E-state index in [1.807, 2.05) is 4.90 Å². The third-order valence-electron chi connectivity index (χ3n) is 3.28. The van der Waals surface area contributed by atoms with Gasteiger partial charge in [0.15, 0.2) is 0 Å². The summed E-state index contributed by atoms with van der Waals surface area (Å²) < 4.78 is 22.4. The second-order valence-corrected chi connectivity index (χ2v) is 6.63. The van der Waals surface area contributed by atoms with Crippen LogP contribution >= 0.6 is 0 Å². The van der Waals surface area contributed by atoms with Crippen LogP contribution in [0.15, 0.2) is 29.2 Å². The fourth-order valence-corrected chi connectivity index (χ4v) is 2.50. The summed E-state index contributed by atoms with van der Waals surface area (Å²) in [7, 11) is -3.72. The van der Waals surface area contributed by atoms with Gasteiger partial charge in [0.2, 0.25) is 10.0 Å². The van der Waals surface area contributed by atoms with Crippen LogP contribution in [0.25, 0.3) is 0 Å². The number of hydrogen-bond donors (Lipinski definition) is 1. The predicted molar refractivity (Wildman–Crippen MR) is 83.5 cm³/mol. The van der Waals surface area contributed by atoms with Crippen molar-refractivity contribution in [1.82, 2.24) is 4.90 Å². The molecule has 1 rings (SSSR count). The fourth-order valence-electron chi connectivity index (χ4n) is 1.98. The molecule has 1 aromatic carbocycles. The number of rotatable bonds is 8. The summed E-state index contributed by atoms with van der Waals surface area (Å²) in [6.07, 6.45) is 3.98. The van der Waals surface area contributed by atoms with Gasteiger partial charge in [-0.05, 0) is 37.1 Å². The standard InChI is InChI=1S/C15H24N2O3S/c1-3-5-11-17(12-6-4-2)15(18)13-7-9-14(10-8-13)21(16,19)20/h7-10H,3-6,11-12H2,1-2H3,(H2,16,19,20). The van der Waals surface area contributed by atoms with E-state index in [1.54, 1.807) is 0 Å². The maximum absolute atomic E-state index is 12.5. The second kappa shape index (κ2) is 8.14. The van der Waals surface area contributed by atoms with Crippen LogP contribution in [-0.2, 0) is 10.0 Å². The van der Waals surface area contributed by atoms with E-state index < -0.39 is 10.0 Å². The van der Waals surface area contributed by atoms with E-state index in [9.17, 15) is 13.2 Å². The van der Waals surface area contributed by atoms with E-state index in [2.05, 4.69) is 13.8 Å². The number of nitrogens with zero attached hydrogens (tertiary/aromatic N) is 1. The lowest BCUT2D eigenvalue weighted by Gasteiger charge is -2.22. The summed E-state index contributed by atoms with van der Waals surface area (Å²) in [6.45, 7) is 5.63. The van der Waals surface area contributed by atoms with Gasteiger partial charge in [0.05, 0.1) is 4.90 Å². The summed E-state index contributed by atoms with van der Waals surface area (Å²) in [5, 5.41) is 5.05. The zero-order valence-electron chi connectivity index (χ0n) is 12.7. The number of primary sulfonamides is 1. The lowest BCUT2D eigenvalue weighted by molar-refractivity contribution is 0.0751. The largest absolute Gasteiger partial charge is 0.339 e. The molecule has 0 aliphatic carbocycles. The molecule has 0 saturated carbocycles. The number of hydrogen-bond acceptors (Lipinski definition) is 3. The number of carbonyl (C=O) groups excluding carboxylic acids is 1. The Morgan fingerprint density at radius 2 is 1.52 bits per heavy atom. The number of nitrogens with two attached hydrogens (primary N) is 1. The van der Waals surface area contributed by atoms with Crippen molar-refractivity contribution in [2.24, 2.45) is 5.14 Å². The Labute approximate surface area is 127 Å². The predicted octanol–water partition coefficient (Wildman–Crippen LogP) is 2.38. The maximum Gasteiger partial charge on any atom is 0.253 e. The minimum atomic E-state index is -3.72. The lowest BCUT2D eigenvalue weighted by atomic mass is 10.1. The van der Waals surface area contributed by atoms with Crippen molar-refractivity contribution < 1.29 is 13.2 Å². The molecule has 0 aliphatic rings. The molecule has 0 heterocycles. The quantitative estimate of drug-likeness (QED) is 0.800. The zero-order valence-corrected chi connectivity index (χ0v) is 13.5. The van der Waals surface area contributed by atoms with Crippen molar-refractivity contribution in [1.29, 1.82) is 0 Å². The molecule has 0 fully saturated rings. The van der Waals surface area contributed by atoms with E-state index in [1.165, 1.54) is 24.3 Å². The molecule has 1 aromatic rings. The van der Waals surface area contributed by atoms with E-state index in [-0.39, 0.29) is 10.8 Å². The highest BCUT2D eigenvalue weighted by Crippen LogP contribution is 2.12. The minimum Gasteiger partial charge on any atom is -0.339 e. The second-order valence-electron chi connectivity index (χ2n) is 5.07. The molecule has 5 nitrogen and oxygen atoms in total. The van der Waals surface area contributed by atoms with E-state index >= 15 is 0 Å². The third-order valence-corrected chi connectivity index (χ3v) is 4.21. The van der Waals surface area contributed by atoms with Crippen LogP contribution in [0.4, 0.5) is 0 Å². The average Bonchev–Trinajstić information content (AvgIpc) is 2.46. The molecule has 0 radical (unpaired) electrons. The first kappa shape index (κ1) is 17.7.